The van der Waals surface area contributed by atoms with Crippen LogP contribution in [0.15, 0.2) is 12.3 Å². The Bertz CT molecular complexity index is 381. The molecular weight excluding hydrogens is 214 g/mol. The van der Waals surface area contributed by atoms with Crippen molar-refractivity contribution in [3.8, 4) is 0 Å². The Morgan fingerprint density at radius 1 is 1.35 bits per heavy atom. The first-order chi connectivity index (χ1) is 8.16. The molecule has 0 aliphatic heterocycles. The van der Waals surface area contributed by atoms with E-state index in [1.807, 2.05) is 13.0 Å². The SMILES string of the molecule is Cc1cc(N)cnc1NC1CCCCCC1O. The van der Waals surface area contributed by atoms with Gasteiger partial charge in [0.1, 0.15) is 5.82 Å². The maximum absolute atomic E-state index is 10.0. The molecule has 94 valence electrons. The molecule has 2 rings (SSSR count). The van der Waals surface area contributed by atoms with E-state index in [1.165, 1.54) is 12.8 Å². The minimum Gasteiger partial charge on any atom is -0.397 e. The molecule has 1 aliphatic carbocycles. The lowest BCUT2D eigenvalue weighted by Gasteiger charge is -2.23. The van der Waals surface area contributed by atoms with Crippen molar-refractivity contribution in [2.24, 2.45) is 0 Å². The number of anilines is 2. The highest BCUT2D eigenvalue weighted by Gasteiger charge is 2.22. The molecule has 0 saturated heterocycles. The maximum atomic E-state index is 10.0. The van der Waals surface area contributed by atoms with Crippen LogP contribution in [0.1, 0.15) is 37.7 Å². The second-order valence-electron chi connectivity index (χ2n) is 4.89. The van der Waals surface area contributed by atoms with Gasteiger partial charge in [-0.2, -0.15) is 0 Å². The number of aromatic nitrogens is 1. The Balaban J connectivity index is 2.08. The molecule has 0 aromatic carbocycles. The molecule has 4 N–H and O–H groups in total. The van der Waals surface area contributed by atoms with E-state index in [0.29, 0.717) is 5.69 Å². The summed E-state index contributed by atoms with van der Waals surface area (Å²) >= 11 is 0. The van der Waals surface area contributed by atoms with Crippen LogP contribution < -0.4 is 11.1 Å². The van der Waals surface area contributed by atoms with Gasteiger partial charge >= 0.3 is 0 Å². The number of aliphatic hydroxyl groups is 1. The van der Waals surface area contributed by atoms with E-state index >= 15 is 0 Å². The predicted octanol–water partition coefficient (Wildman–Crippen LogP) is 2.08. The molecule has 1 saturated carbocycles. The van der Waals surface area contributed by atoms with Crippen molar-refractivity contribution in [3.05, 3.63) is 17.8 Å². The fraction of sp³-hybridized carbons (Fsp3) is 0.615. The molecule has 0 amide bonds. The number of rotatable bonds is 2. The molecule has 17 heavy (non-hydrogen) atoms. The van der Waals surface area contributed by atoms with Crippen LogP contribution in [0.2, 0.25) is 0 Å². The average molecular weight is 235 g/mol. The third-order valence-electron chi connectivity index (χ3n) is 3.40. The van der Waals surface area contributed by atoms with Crippen molar-refractivity contribution in [3.63, 3.8) is 0 Å². The number of nitrogens with two attached hydrogens (primary N) is 1. The second kappa shape index (κ2) is 5.36. The van der Waals surface area contributed by atoms with E-state index in [2.05, 4.69) is 10.3 Å². The van der Waals surface area contributed by atoms with E-state index < -0.39 is 0 Å². The molecule has 2 unspecified atom stereocenters. The summed E-state index contributed by atoms with van der Waals surface area (Å²) in [7, 11) is 0. The molecule has 0 spiro atoms. The average Bonchev–Trinajstić information content (AvgIpc) is 2.48. The lowest BCUT2D eigenvalue weighted by molar-refractivity contribution is 0.144. The third-order valence-corrected chi connectivity index (χ3v) is 3.40. The van der Waals surface area contributed by atoms with Crippen molar-refractivity contribution in [1.82, 2.24) is 4.98 Å². The highest BCUT2D eigenvalue weighted by Crippen LogP contribution is 2.22. The van der Waals surface area contributed by atoms with Gasteiger partial charge in [-0.05, 0) is 31.4 Å². The maximum Gasteiger partial charge on any atom is 0.129 e. The van der Waals surface area contributed by atoms with Gasteiger partial charge < -0.3 is 16.2 Å². The van der Waals surface area contributed by atoms with Gasteiger partial charge in [0, 0.05) is 0 Å². The first kappa shape index (κ1) is 12.2. The normalized spacial score (nSPS) is 25.3. The van der Waals surface area contributed by atoms with E-state index in [0.717, 1.165) is 30.6 Å². The number of aliphatic hydroxyl groups excluding tert-OH is 1. The van der Waals surface area contributed by atoms with E-state index in [4.69, 9.17) is 5.73 Å². The number of hydrogen-bond donors (Lipinski definition) is 3. The lowest BCUT2D eigenvalue weighted by Crippen LogP contribution is -2.33. The minimum absolute atomic E-state index is 0.118. The Morgan fingerprint density at radius 3 is 2.88 bits per heavy atom. The van der Waals surface area contributed by atoms with Crippen molar-refractivity contribution in [2.75, 3.05) is 11.1 Å². The molecule has 4 heteroatoms. The summed E-state index contributed by atoms with van der Waals surface area (Å²) in [5.41, 5.74) is 7.38. The minimum atomic E-state index is -0.267. The predicted molar refractivity (Wildman–Crippen MR) is 69.9 cm³/mol. The van der Waals surface area contributed by atoms with Crippen molar-refractivity contribution >= 4 is 11.5 Å². The van der Waals surface area contributed by atoms with Crippen LogP contribution in [0.4, 0.5) is 11.5 Å². The quantitative estimate of drug-likeness (QED) is 0.686. The van der Waals surface area contributed by atoms with E-state index in [1.54, 1.807) is 6.20 Å². The van der Waals surface area contributed by atoms with Crippen LogP contribution in [-0.2, 0) is 0 Å². The van der Waals surface area contributed by atoms with Gasteiger partial charge in [0.2, 0.25) is 0 Å². The molecule has 1 aromatic rings. The summed E-state index contributed by atoms with van der Waals surface area (Å²) in [6.07, 6.45) is 6.77. The van der Waals surface area contributed by atoms with Gasteiger partial charge in [0.15, 0.2) is 0 Å². The largest absolute Gasteiger partial charge is 0.397 e. The summed E-state index contributed by atoms with van der Waals surface area (Å²) < 4.78 is 0. The monoisotopic (exact) mass is 235 g/mol. The molecule has 2 atom stereocenters. The van der Waals surface area contributed by atoms with Crippen molar-refractivity contribution in [2.45, 2.75) is 51.2 Å². The smallest absolute Gasteiger partial charge is 0.129 e. The zero-order valence-corrected chi connectivity index (χ0v) is 10.3. The zero-order chi connectivity index (χ0) is 12.3. The summed E-state index contributed by atoms with van der Waals surface area (Å²) in [4.78, 5) is 4.29. The third kappa shape index (κ3) is 3.09. The highest BCUT2D eigenvalue weighted by molar-refractivity contribution is 5.51. The van der Waals surface area contributed by atoms with Crippen LogP contribution in [0.25, 0.3) is 0 Å². The summed E-state index contributed by atoms with van der Waals surface area (Å²) in [6.45, 7) is 1.98. The number of pyridine rings is 1. The van der Waals surface area contributed by atoms with Crippen molar-refractivity contribution < 1.29 is 5.11 Å². The van der Waals surface area contributed by atoms with Gasteiger partial charge in [-0.1, -0.05) is 19.3 Å². The van der Waals surface area contributed by atoms with Crippen LogP contribution >= 0.6 is 0 Å². The van der Waals surface area contributed by atoms with Crippen LogP contribution in [0.5, 0.6) is 0 Å². The second-order valence-corrected chi connectivity index (χ2v) is 4.89. The van der Waals surface area contributed by atoms with Gasteiger partial charge in [-0.25, -0.2) is 4.98 Å². The fourth-order valence-corrected chi connectivity index (χ4v) is 2.38. The Morgan fingerprint density at radius 2 is 2.12 bits per heavy atom. The van der Waals surface area contributed by atoms with Gasteiger partial charge in [0.25, 0.3) is 0 Å². The summed E-state index contributed by atoms with van der Waals surface area (Å²) in [6, 6.07) is 2.02. The van der Waals surface area contributed by atoms with Gasteiger partial charge in [-0.15, -0.1) is 0 Å². The van der Waals surface area contributed by atoms with Gasteiger partial charge in [-0.3, -0.25) is 0 Å². The van der Waals surface area contributed by atoms with Gasteiger partial charge in [0.05, 0.1) is 24.0 Å². The molecular formula is C13H21N3O. The number of hydrogen-bond acceptors (Lipinski definition) is 4. The number of nitrogens with zero attached hydrogens (tertiary/aromatic N) is 1. The fourth-order valence-electron chi connectivity index (χ4n) is 2.38. The lowest BCUT2D eigenvalue weighted by atomic mass is 10.1. The Labute approximate surface area is 102 Å². The first-order valence-electron chi connectivity index (χ1n) is 6.33. The molecule has 1 heterocycles. The highest BCUT2D eigenvalue weighted by atomic mass is 16.3. The molecule has 1 aromatic heterocycles. The van der Waals surface area contributed by atoms with Crippen LogP contribution in [0, 0.1) is 6.92 Å². The number of nitrogens with one attached hydrogen (secondary N) is 1. The molecule has 4 nitrogen and oxygen atoms in total. The van der Waals surface area contributed by atoms with Crippen LogP contribution in [-0.4, -0.2) is 22.2 Å². The summed E-state index contributed by atoms with van der Waals surface area (Å²) in [5.74, 6) is 0.838. The molecule has 1 fully saturated rings. The summed E-state index contributed by atoms with van der Waals surface area (Å²) in [5, 5.41) is 13.4. The number of nitrogen functional groups attached to an aromatic ring is 1. The van der Waals surface area contributed by atoms with E-state index in [9.17, 15) is 5.11 Å². The Kier molecular flexibility index (Phi) is 3.84. The topological polar surface area (TPSA) is 71.2 Å². The van der Waals surface area contributed by atoms with Crippen LogP contribution in [0.3, 0.4) is 0 Å². The van der Waals surface area contributed by atoms with E-state index in [-0.39, 0.29) is 12.1 Å². The van der Waals surface area contributed by atoms with Crippen molar-refractivity contribution in [1.29, 1.82) is 0 Å². The standard InChI is InChI=1S/C13H21N3O/c1-9-7-10(14)8-15-13(9)16-11-5-3-2-4-6-12(11)17/h7-8,11-12,17H,2-6,14H2,1H3,(H,15,16). The zero-order valence-electron chi connectivity index (χ0n) is 10.3. The number of aryl methyl sites for hydroxylation is 1. The Hall–Kier alpha value is -1.29. The first-order valence-corrected chi connectivity index (χ1v) is 6.33. The molecule has 0 radical (unpaired) electrons. The molecule has 1 aliphatic rings. The molecule has 0 bridgehead atoms.